The standard InChI is InChI=1S/C12H22N4/c13-3-7-15-6-1-2-12(10-15)11-16-8-4-14-5-9-16/h12,14H,1-2,4-11H2. The van der Waals surface area contributed by atoms with Crippen LogP contribution in [0.1, 0.15) is 12.8 Å². The molecule has 0 aromatic carbocycles. The summed E-state index contributed by atoms with van der Waals surface area (Å²) in [5.41, 5.74) is 0. The third-order valence-electron chi connectivity index (χ3n) is 3.62. The summed E-state index contributed by atoms with van der Waals surface area (Å²) < 4.78 is 0. The van der Waals surface area contributed by atoms with Crippen LogP contribution in [0.5, 0.6) is 0 Å². The number of hydrogen-bond acceptors (Lipinski definition) is 4. The Bertz CT molecular complexity index is 242. The number of nitrogens with zero attached hydrogens (tertiary/aromatic N) is 3. The number of nitrogens with one attached hydrogen (secondary N) is 1. The molecule has 0 saturated carbocycles. The number of nitriles is 1. The van der Waals surface area contributed by atoms with Crippen molar-refractivity contribution in [2.24, 2.45) is 5.92 Å². The minimum Gasteiger partial charge on any atom is -0.314 e. The van der Waals surface area contributed by atoms with Gasteiger partial charge in [-0.25, -0.2) is 0 Å². The summed E-state index contributed by atoms with van der Waals surface area (Å²) in [6.07, 6.45) is 2.60. The van der Waals surface area contributed by atoms with Crippen molar-refractivity contribution in [2.75, 3.05) is 52.4 Å². The van der Waals surface area contributed by atoms with Crippen molar-refractivity contribution < 1.29 is 0 Å². The van der Waals surface area contributed by atoms with E-state index in [2.05, 4.69) is 21.2 Å². The molecule has 1 atom stereocenters. The lowest BCUT2D eigenvalue weighted by molar-refractivity contribution is 0.135. The highest BCUT2D eigenvalue weighted by Gasteiger charge is 2.22. The van der Waals surface area contributed by atoms with E-state index in [4.69, 9.17) is 5.26 Å². The number of rotatable bonds is 3. The Morgan fingerprint density at radius 2 is 2.00 bits per heavy atom. The van der Waals surface area contributed by atoms with Crippen LogP contribution in [0.15, 0.2) is 0 Å². The van der Waals surface area contributed by atoms with Crippen molar-refractivity contribution in [2.45, 2.75) is 12.8 Å². The van der Waals surface area contributed by atoms with Crippen molar-refractivity contribution in [1.29, 1.82) is 5.26 Å². The van der Waals surface area contributed by atoms with Crippen LogP contribution in [0.3, 0.4) is 0 Å². The zero-order valence-corrected chi connectivity index (χ0v) is 9.99. The van der Waals surface area contributed by atoms with Crippen LogP contribution < -0.4 is 5.32 Å². The van der Waals surface area contributed by atoms with E-state index in [-0.39, 0.29) is 0 Å². The van der Waals surface area contributed by atoms with Crippen molar-refractivity contribution >= 4 is 0 Å². The molecule has 4 nitrogen and oxygen atoms in total. The van der Waals surface area contributed by atoms with Crippen LogP contribution in [0, 0.1) is 17.2 Å². The predicted octanol–water partition coefficient (Wildman–Crippen LogP) is 0.127. The summed E-state index contributed by atoms with van der Waals surface area (Å²) in [6.45, 7) is 8.72. The largest absolute Gasteiger partial charge is 0.314 e. The lowest BCUT2D eigenvalue weighted by Crippen LogP contribution is -2.47. The molecule has 0 amide bonds. The van der Waals surface area contributed by atoms with Gasteiger partial charge in [-0.05, 0) is 25.3 Å². The number of hydrogen-bond donors (Lipinski definition) is 1. The molecule has 0 spiro atoms. The predicted molar refractivity (Wildman–Crippen MR) is 64.1 cm³/mol. The van der Waals surface area contributed by atoms with Crippen LogP contribution in [0.25, 0.3) is 0 Å². The molecular formula is C12H22N4. The average Bonchev–Trinajstić information content (AvgIpc) is 2.31. The van der Waals surface area contributed by atoms with Gasteiger partial charge < -0.3 is 10.2 Å². The Balaban J connectivity index is 1.74. The first-order valence-corrected chi connectivity index (χ1v) is 6.41. The van der Waals surface area contributed by atoms with Gasteiger partial charge in [0.05, 0.1) is 12.6 Å². The third-order valence-corrected chi connectivity index (χ3v) is 3.62. The second kappa shape index (κ2) is 6.19. The van der Waals surface area contributed by atoms with Gasteiger partial charge in [-0.1, -0.05) is 0 Å². The average molecular weight is 222 g/mol. The topological polar surface area (TPSA) is 42.3 Å². The van der Waals surface area contributed by atoms with E-state index in [0.717, 1.165) is 32.1 Å². The fraction of sp³-hybridized carbons (Fsp3) is 0.917. The van der Waals surface area contributed by atoms with Crippen molar-refractivity contribution in [3.8, 4) is 6.07 Å². The first-order valence-electron chi connectivity index (χ1n) is 6.41. The first-order chi connectivity index (χ1) is 7.88. The summed E-state index contributed by atoms with van der Waals surface area (Å²) >= 11 is 0. The highest BCUT2D eigenvalue weighted by Crippen LogP contribution is 2.17. The Kier molecular flexibility index (Phi) is 4.58. The zero-order valence-electron chi connectivity index (χ0n) is 9.99. The summed E-state index contributed by atoms with van der Waals surface area (Å²) in [5, 5.41) is 12.1. The van der Waals surface area contributed by atoms with Crippen LogP contribution >= 0.6 is 0 Å². The fourth-order valence-electron chi connectivity index (χ4n) is 2.80. The van der Waals surface area contributed by atoms with Crippen LogP contribution in [0.4, 0.5) is 0 Å². The third kappa shape index (κ3) is 3.44. The van der Waals surface area contributed by atoms with E-state index >= 15 is 0 Å². The van der Waals surface area contributed by atoms with Gasteiger partial charge in [0.15, 0.2) is 0 Å². The lowest BCUT2D eigenvalue weighted by atomic mass is 9.97. The molecule has 2 aliphatic rings. The molecule has 4 heteroatoms. The molecule has 2 heterocycles. The normalized spacial score (nSPS) is 28.8. The molecule has 16 heavy (non-hydrogen) atoms. The molecule has 0 aromatic rings. The smallest absolute Gasteiger partial charge is 0.0866 e. The number of likely N-dealkylation sites (tertiary alicyclic amines) is 1. The minimum atomic E-state index is 0.609. The number of piperazine rings is 1. The minimum absolute atomic E-state index is 0.609. The second-order valence-corrected chi connectivity index (χ2v) is 4.95. The quantitative estimate of drug-likeness (QED) is 0.689. The molecule has 2 aliphatic heterocycles. The van der Waals surface area contributed by atoms with E-state index in [1.54, 1.807) is 0 Å². The summed E-state index contributed by atoms with van der Waals surface area (Å²) in [6, 6.07) is 2.26. The van der Waals surface area contributed by atoms with Crippen molar-refractivity contribution in [3.63, 3.8) is 0 Å². The Labute approximate surface area is 98.2 Å². The molecule has 1 unspecified atom stereocenters. The van der Waals surface area contributed by atoms with Gasteiger partial charge in [0.25, 0.3) is 0 Å². The van der Waals surface area contributed by atoms with Gasteiger partial charge in [0.2, 0.25) is 0 Å². The van der Waals surface area contributed by atoms with E-state index in [9.17, 15) is 0 Å². The van der Waals surface area contributed by atoms with Gasteiger partial charge in [0, 0.05) is 39.3 Å². The summed E-state index contributed by atoms with van der Waals surface area (Å²) in [4.78, 5) is 4.87. The maximum atomic E-state index is 8.72. The molecular weight excluding hydrogens is 200 g/mol. The highest BCUT2D eigenvalue weighted by atomic mass is 15.2. The summed E-state index contributed by atoms with van der Waals surface area (Å²) in [5.74, 6) is 0.778. The molecule has 0 bridgehead atoms. The zero-order chi connectivity index (χ0) is 11.2. The molecule has 2 rings (SSSR count). The van der Waals surface area contributed by atoms with Crippen LogP contribution in [0.2, 0.25) is 0 Å². The Morgan fingerprint density at radius 3 is 2.75 bits per heavy atom. The van der Waals surface area contributed by atoms with Crippen molar-refractivity contribution in [1.82, 2.24) is 15.1 Å². The first kappa shape index (κ1) is 11.8. The maximum Gasteiger partial charge on any atom is 0.0866 e. The van der Waals surface area contributed by atoms with E-state index in [1.165, 1.54) is 32.5 Å². The fourth-order valence-corrected chi connectivity index (χ4v) is 2.80. The maximum absolute atomic E-state index is 8.72. The molecule has 0 aliphatic carbocycles. The SMILES string of the molecule is N#CCN1CCCC(CN2CCNCC2)C1. The van der Waals surface area contributed by atoms with E-state index < -0.39 is 0 Å². The van der Waals surface area contributed by atoms with Crippen molar-refractivity contribution in [3.05, 3.63) is 0 Å². The van der Waals surface area contributed by atoms with Crippen LogP contribution in [-0.4, -0.2) is 62.2 Å². The van der Waals surface area contributed by atoms with Crippen LogP contribution in [-0.2, 0) is 0 Å². The molecule has 2 saturated heterocycles. The molecule has 0 aromatic heterocycles. The molecule has 1 N–H and O–H groups in total. The van der Waals surface area contributed by atoms with Gasteiger partial charge in [0.1, 0.15) is 0 Å². The van der Waals surface area contributed by atoms with E-state index in [0.29, 0.717) is 6.54 Å². The van der Waals surface area contributed by atoms with Gasteiger partial charge >= 0.3 is 0 Å². The Morgan fingerprint density at radius 1 is 1.19 bits per heavy atom. The molecule has 0 radical (unpaired) electrons. The molecule has 90 valence electrons. The van der Waals surface area contributed by atoms with Gasteiger partial charge in [-0.3, -0.25) is 4.90 Å². The second-order valence-electron chi connectivity index (χ2n) is 4.95. The van der Waals surface area contributed by atoms with Gasteiger partial charge in [-0.2, -0.15) is 5.26 Å². The lowest BCUT2D eigenvalue weighted by Gasteiger charge is -2.36. The van der Waals surface area contributed by atoms with E-state index in [1.807, 2.05) is 0 Å². The number of piperidine rings is 1. The Hall–Kier alpha value is -0.630. The summed E-state index contributed by atoms with van der Waals surface area (Å²) in [7, 11) is 0. The van der Waals surface area contributed by atoms with Gasteiger partial charge in [-0.15, -0.1) is 0 Å². The molecule has 2 fully saturated rings. The highest BCUT2D eigenvalue weighted by molar-refractivity contribution is 4.83. The monoisotopic (exact) mass is 222 g/mol.